The van der Waals surface area contributed by atoms with E-state index in [1.54, 1.807) is 0 Å². The van der Waals surface area contributed by atoms with Crippen LogP contribution in [0.15, 0.2) is 22.7 Å². The highest BCUT2D eigenvalue weighted by Crippen LogP contribution is 2.35. The fourth-order valence-corrected chi connectivity index (χ4v) is 2.27. The molecule has 2 atom stereocenters. The molecule has 1 aromatic carbocycles. The van der Waals surface area contributed by atoms with E-state index in [9.17, 15) is 0 Å². The minimum Gasteiger partial charge on any atom is -0.324 e. The van der Waals surface area contributed by atoms with Crippen LogP contribution in [-0.2, 0) is 6.42 Å². The highest BCUT2D eigenvalue weighted by molar-refractivity contribution is 9.10. The molecule has 1 aliphatic rings. The minimum absolute atomic E-state index is 0.244. The molecule has 0 heterocycles. The van der Waals surface area contributed by atoms with Gasteiger partial charge in [0.05, 0.1) is 0 Å². The van der Waals surface area contributed by atoms with Gasteiger partial charge in [0.1, 0.15) is 0 Å². The van der Waals surface area contributed by atoms with E-state index < -0.39 is 0 Å². The largest absolute Gasteiger partial charge is 0.324 e. The molecule has 0 aromatic heterocycles. The second-order valence-corrected chi connectivity index (χ2v) is 4.47. The van der Waals surface area contributed by atoms with Crippen LogP contribution in [-0.4, -0.2) is 0 Å². The Morgan fingerprint density at radius 2 is 2.25 bits per heavy atom. The third-order valence-electron chi connectivity index (χ3n) is 2.62. The Kier molecular flexibility index (Phi) is 1.97. The van der Waals surface area contributed by atoms with E-state index in [4.69, 9.17) is 5.73 Å². The van der Waals surface area contributed by atoms with Gasteiger partial charge in [0, 0.05) is 10.5 Å². The Bertz CT molecular complexity index is 309. The van der Waals surface area contributed by atoms with Gasteiger partial charge in [0.25, 0.3) is 0 Å². The first-order chi connectivity index (χ1) is 5.68. The number of hydrogen-bond donors (Lipinski definition) is 1. The average molecular weight is 226 g/mol. The van der Waals surface area contributed by atoms with Crippen LogP contribution < -0.4 is 5.73 Å². The molecule has 2 rings (SSSR count). The Balaban J connectivity index is 2.47. The molecule has 0 amide bonds. The Morgan fingerprint density at radius 1 is 1.50 bits per heavy atom. The molecule has 12 heavy (non-hydrogen) atoms. The van der Waals surface area contributed by atoms with Crippen molar-refractivity contribution in [3.63, 3.8) is 0 Å². The Morgan fingerprint density at radius 3 is 3.00 bits per heavy atom. The minimum atomic E-state index is 0.244. The number of halogens is 1. The quantitative estimate of drug-likeness (QED) is 0.723. The average Bonchev–Trinajstić information content (AvgIpc) is 2.28. The first-order valence-electron chi connectivity index (χ1n) is 4.22. The van der Waals surface area contributed by atoms with Gasteiger partial charge in [-0.1, -0.05) is 28.9 Å². The molecule has 2 N–H and O–H groups in total. The molecule has 0 bridgehead atoms. The zero-order valence-electron chi connectivity index (χ0n) is 7.05. The SMILES string of the molecule is CC1Cc2cc(Br)ccc2C1N. The Labute approximate surface area is 81.1 Å². The third-order valence-corrected chi connectivity index (χ3v) is 3.11. The van der Waals surface area contributed by atoms with Gasteiger partial charge >= 0.3 is 0 Å². The van der Waals surface area contributed by atoms with Gasteiger partial charge in [0.2, 0.25) is 0 Å². The van der Waals surface area contributed by atoms with Crippen molar-refractivity contribution in [1.29, 1.82) is 0 Å². The number of nitrogens with two attached hydrogens (primary N) is 1. The summed E-state index contributed by atoms with van der Waals surface area (Å²) < 4.78 is 1.16. The summed E-state index contributed by atoms with van der Waals surface area (Å²) >= 11 is 3.46. The summed E-state index contributed by atoms with van der Waals surface area (Å²) in [5.41, 5.74) is 8.76. The van der Waals surface area contributed by atoms with Crippen LogP contribution >= 0.6 is 15.9 Å². The van der Waals surface area contributed by atoms with Crippen LogP contribution in [0.25, 0.3) is 0 Å². The smallest absolute Gasteiger partial charge is 0.0326 e. The van der Waals surface area contributed by atoms with Crippen LogP contribution in [0.1, 0.15) is 24.1 Å². The van der Waals surface area contributed by atoms with Crippen LogP contribution in [0.4, 0.5) is 0 Å². The van der Waals surface area contributed by atoms with Crippen LogP contribution in [0, 0.1) is 5.92 Å². The van der Waals surface area contributed by atoms with Crippen LogP contribution in [0.5, 0.6) is 0 Å². The Hall–Kier alpha value is -0.340. The van der Waals surface area contributed by atoms with Crippen molar-refractivity contribution in [2.45, 2.75) is 19.4 Å². The summed E-state index contributed by atoms with van der Waals surface area (Å²) in [6, 6.07) is 6.62. The first kappa shape index (κ1) is 8.27. The topological polar surface area (TPSA) is 26.0 Å². The van der Waals surface area contributed by atoms with Crippen molar-refractivity contribution >= 4 is 15.9 Å². The second-order valence-electron chi connectivity index (χ2n) is 3.55. The summed E-state index contributed by atoms with van der Waals surface area (Å²) in [6.45, 7) is 2.21. The molecule has 1 aliphatic carbocycles. The first-order valence-corrected chi connectivity index (χ1v) is 5.01. The van der Waals surface area contributed by atoms with Crippen molar-refractivity contribution < 1.29 is 0 Å². The number of benzene rings is 1. The van der Waals surface area contributed by atoms with E-state index in [0.717, 1.165) is 10.9 Å². The fourth-order valence-electron chi connectivity index (χ4n) is 1.86. The summed E-state index contributed by atoms with van der Waals surface area (Å²) in [6.07, 6.45) is 1.12. The predicted octanol–water partition coefficient (Wildman–Crippen LogP) is 2.64. The molecular formula is C10H12BrN. The molecule has 2 unspecified atom stereocenters. The van der Waals surface area contributed by atoms with Gasteiger partial charge in [-0.05, 0) is 35.6 Å². The molecule has 0 radical (unpaired) electrons. The van der Waals surface area contributed by atoms with E-state index >= 15 is 0 Å². The normalized spacial score (nSPS) is 27.2. The monoisotopic (exact) mass is 225 g/mol. The van der Waals surface area contributed by atoms with E-state index in [1.165, 1.54) is 11.1 Å². The predicted molar refractivity (Wildman–Crippen MR) is 53.9 cm³/mol. The molecular weight excluding hydrogens is 214 g/mol. The van der Waals surface area contributed by atoms with Crippen LogP contribution in [0.3, 0.4) is 0 Å². The van der Waals surface area contributed by atoms with Crippen molar-refractivity contribution in [1.82, 2.24) is 0 Å². The number of fused-ring (bicyclic) bond motifs is 1. The lowest BCUT2D eigenvalue weighted by atomic mass is 10.0. The highest BCUT2D eigenvalue weighted by Gasteiger charge is 2.25. The van der Waals surface area contributed by atoms with Crippen molar-refractivity contribution in [3.8, 4) is 0 Å². The van der Waals surface area contributed by atoms with E-state index in [1.807, 2.05) is 0 Å². The van der Waals surface area contributed by atoms with Crippen molar-refractivity contribution in [3.05, 3.63) is 33.8 Å². The molecule has 1 aromatic rings. The molecule has 2 heteroatoms. The zero-order chi connectivity index (χ0) is 8.72. The lowest BCUT2D eigenvalue weighted by Crippen LogP contribution is -2.13. The maximum atomic E-state index is 6.02. The number of hydrogen-bond acceptors (Lipinski definition) is 1. The molecule has 0 aliphatic heterocycles. The van der Waals surface area contributed by atoms with Gasteiger partial charge in [-0.3, -0.25) is 0 Å². The van der Waals surface area contributed by atoms with Gasteiger partial charge < -0.3 is 5.73 Å². The maximum absolute atomic E-state index is 6.02. The summed E-state index contributed by atoms with van der Waals surface area (Å²) in [5, 5.41) is 0. The summed E-state index contributed by atoms with van der Waals surface area (Å²) in [5.74, 6) is 0.592. The molecule has 0 saturated carbocycles. The van der Waals surface area contributed by atoms with Gasteiger partial charge in [-0.25, -0.2) is 0 Å². The van der Waals surface area contributed by atoms with E-state index in [-0.39, 0.29) is 6.04 Å². The van der Waals surface area contributed by atoms with E-state index in [2.05, 4.69) is 41.1 Å². The molecule has 0 saturated heterocycles. The molecule has 0 fully saturated rings. The third kappa shape index (κ3) is 1.19. The molecule has 1 nitrogen and oxygen atoms in total. The second kappa shape index (κ2) is 2.86. The van der Waals surface area contributed by atoms with Crippen molar-refractivity contribution in [2.75, 3.05) is 0 Å². The molecule has 0 spiro atoms. The molecule has 64 valence electrons. The lowest BCUT2D eigenvalue weighted by Gasteiger charge is -2.08. The zero-order valence-corrected chi connectivity index (χ0v) is 8.64. The van der Waals surface area contributed by atoms with Gasteiger partial charge in [0.15, 0.2) is 0 Å². The summed E-state index contributed by atoms with van der Waals surface area (Å²) in [4.78, 5) is 0. The van der Waals surface area contributed by atoms with Gasteiger partial charge in [-0.15, -0.1) is 0 Å². The van der Waals surface area contributed by atoms with E-state index in [0.29, 0.717) is 5.92 Å². The van der Waals surface area contributed by atoms with Gasteiger partial charge in [-0.2, -0.15) is 0 Å². The van der Waals surface area contributed by atoms with Crippen molar-refractivity contribution in [2.24, 2.45) is 11.7 Å². The van der Waals surface area contributed by atoms with Crippen LogP contribution in [0.2, 0.25) is 0 Å². The summed E-state index contributed by atoms with van der Waals surface area (Å²) in [7, 11) is 0. The lowest BCUT2D eigenvalue weighted by molar-refractivity contribution is 0.513. The standard InChI is InChI=1S/C10H12BrN/c1-6-4-7-5-8(11)2-3-9(7)10(6)12/h2-3,5-6,10H,4,12H2,1H3. The highest BCUT2D eigenvalue weighted by atomic mass is 79.9. The fraction of sp³-hybridized carbons (Fsp3) is 0.400. The number of rotatable bonds is 0. The maximum Gasteiger partial charge on any atom is 0.0326 e.